The van der Waals surface area contributed by atoms with Gasteiger partial charge in [-0.15, -0.1) is 8.58 Å². The van der Waals surface area contributed by atoms with Gasteiger partial charge in [-0.3, -0.25) is 0 Å². The van der Waals surface area contributed by atoms with Crippen LogP contribution in [-0.4, -0.2) is 12.3 Å². The van der Waals surface area contributed by atoms with Crippen LogP contribution in [0.4, 0.5) is 0 Å². The molecule has 0 heterocycles. The van der Waals surface area contributed by atoms with Gasteiger partial charge in [0.05, 0.1) is 0 Å². The number of hydrogen-bond donors (Lipinski definition) is 0. The van der Waals surface area contributed by atoms with Gasteiger partial charge in [0.15, 0.2) is 0 Å². The van der Waals surface area contributed by atoms with Gasteiger partial charge in [0.1, 0.15) is 0 Å². The van der Waals surface area contributed by atoms with Crippen LogP contribution < -0.4 is 0 Å². The lowest BCUT2D eigenvalue weighted by molar-refractivity contribution is 1.70. The Bertz CT molecular complexity index is 50.7. The normalized spacial score (nSPS) is 22.6. The summed E-state index contributed by atoms with van der Waals surface area (Å²) in [5.41, 5.74) is 0.912. The first-order chi connectivity index (χ1) is 2.43. The molecule has 0 aromatic carbocycles. The molecule has 1 aliphatic carbocycles. The molecule has 1 unspecified atom stereocenters. The molecule has 0 aromatic heterocycles. The lowest BCUT2D eigenvalue weighted by atomic mass is 10.9. The van der Waals surface area contributed by atoms with E-state index in [4.69, 9.17) is 0 Å². The Labute approximate surface area is 34.1 Å². The third-order valence-electron chi connectivity index (χ3n) is 0.718. The van der Waals surface area contributed by atoms with E-state index in [9.17, 15) is 0 Å². The van der Waals surface area contributed by atoms with E-state index in [2.05, 4.69) is 18.8 Å². The van der Waals surface area contributed by atoms with Gasteiger partial charge in [0.25, 0.3) is 0 Å². The van der Waals surface area contributed by atoms with Gasteiger partial charge < -0.3 is 0 Å². The summed E-state index contributed by atoms with van der Waals surface area (Å²) in [6.07, 6.45) is 4.47. The fourth-order valence-electron chi connectivity index (χ4n) is 0.248. The minimum atomic E-state index is 0.912. The van der Waals surface area contributed by atoms with Crippen molar-refractivity contribution in [3.05, 3.63) is 12.2 Å². The number of rotatable bonds is 1. The molecule has 1 heteroatoms. The summed E-state index contributed by atoms with van der Waals surface area (Å²) < 4.78 is 0. The Hall–Kier alpha value is 0.170. The van der Waals surface area contributed by atoms with E-state index in [1.54, 1.807) is 0 Å². The molecule has 1 rings (SSSR count). The Morgan fingerprint density at radius 3 is 2.20 bits per heavy atom. The third kappa shape index (κ3) is 0.735. The van der Waals surface area contributed by atoms with Crippen LogP contribution in [-0.2, 0) is 0 Å². The van der Waals surface area contributed by atoms with Gasteiger partial charge in [-0.05, 0) is 6.66 Å². The van der Waals surface area contributed by atoms with Gasteiger partial charge in [-0.1, -0.05) is 12.2 Å². The van der Waals surface area contributed by atoms with Gasteiger partial charge in [0, 0.05) is 5.66 Å². The average molecular weight is 86.1 g/mol. The molecule has 0 amide bonds. The molecule has 0 saturated heterocycles. The first kappa shape index (κ1) is 3.36. The molecule has 0 radical (unpaired) electrons. The molecule has 1 atom stereocenters. The summed E-state index contributed by atoms with van der Waals surface area (Å²) >= 11 is 0. The molecule has 0 aromatic rings. The Kier molecular flexibility index (Phi) is 0.740. The molecule has 28 valence electrons. The highest BCUT2D eigenvalue weighted by Crippen LogP contribution is 2.25. The second-order valence-electron chi connectivity index (χ2n) is 1.20. The zero-order chi connectivity index (χ0) is 3.70. The molecular weight excluding hydrogens is 79.0 g/mol. The van der Waals surface area contributed by atoms with Gasteiger partial charge in [-0.2, -0.15) is 0 Å². The van der Waals surface area contributed by atoms with E-state index < -0.39 is 0 Å². The minimum absolute atomic E-state index is 0.912. The van der Waals surface area contributed by atoms with E-state index in [-0.39, 0.29) is 0 Å². The SMILES string of the molecule is CPC1C=C1. The smallest absolute Gasteiger partial charge is 0.0119 e. The lowest BCUT2D eigenvalue weighted by Crippen LogP contribution is -1.59. The van der Waals surface area contributed by atoms with Crippen molar-refractivity contribution in [3.63, 3.8) is 0 Å². The average Bonchev–Trinajstić information content (AvgIpc) is 2.12. The monoisotopic (exact) mass is 86.0 g/mol. The highest BCUT2D eigenvalue weighted by molar-refractivity contribution is 7.39. The molecule has 0 aliphatic heterocycles. The maximum absolute atomic E-state index is 2.23. The second-order valence-corrected chi connectivity index (χ2v) is 2.44. The van der Waals surface area contributed by atoms with Crippen molar-refractivity contribution in [1.82, 2.24) is 0 Å². The summed E-state index contributed by atoms with van der Waals surface area (Å²) in [6.45, 7) is 2.23. The van der Waals surface area contributed by atoms with Gasteiger partial charge in [0.2, 0.25) is 0 Å². The van der Waals surface area contributed by atoms with Crippen molar-refractivity contribution in [3.8, 4) is 0 Å². The largest absolute Gasteiger partial charge is 0.114 e. The summed E-state index contributed by atoms with van der Waals surface area (Å²) in [5, 5.41) is 0. The number of allylic oxidation sites excluding steroid dienone is 2. The molecule has 0 nitrogen and oxygen atoms in total. The Morgan fingerprint density at radius 1 is 1.60 bits per heavy atom. The van der Waals surface area contributed by atoms with Gasteiger partial charge >= 0.3 is 0 Å². The minimum Gasteiger partial charge on any atom is -0.114 e. The zero-order valence-corrected chi connectivity index (χ0v) is 4.23. The van der Waals surface area contributed by atoms with Crippen molar-refractivity contribution in [2.75, 3.05) is 6.66 Å². The van der Waals surface area contributed by atoms with Crippen LogP contribution in [0.1, 0.15) is 0 Å². The fraction of sp³-hybridized carbons (Fsp3) is 0.500. The molecule has 5 heavy (non-hydrogen) atoms. The van der Waals surface area contributed by atoms with Crippen LogP contribution >= 0.6 is 8.58 Å². The van der Waals surface area contributed by atoms with Crippen LogP contribution in [0.25, 0.3) is 0 Å². The molecule has 0 bridgehead atoms. The maximum atomic E-state index is 2.23. The molecular formula is C4H7P. The van der Waals surface area contributed by atoms with E-state index in [0.717, 1.165) is 14.2 Å². The van der Waals surface area contributed by atoms with Crippen LogP contribution in [0.5, 0.6) is 0 Å². The summed E-state index contributed by atoms with van der Waals surface area (Å²) in [7, 11) is 1.11. The van der Waals surface area contributed by atoms with E-state index in [1.165, 1.54) is 0 Å². The van der Waals surface area contributed by atoms with Crippen LogP contribution in [0.3, 0.4) is 0 Å². The molecule has 0 fully saturated rings. The molecule has 0 N–H and O–H groups in total. The number of hydrogen-bond acceptors (Lipinski definition) is 0. The van der Waals surface area contributed by atoms with Crippen molar-refractivity contribution in [2.45, 2.75) is 5.66 Å². The molecule has 0 spiro atoms. The zero-order valence-electron chi connectivity index (χ0n) is 3.23. The van der Waals surface area contributed by atoms with Crippen molar-refractivity contribution in [1.29, 1.82) is 0 Å². The van der Waals surface area contributed by atoms with Crippen LogP contribution in [0, 0.1) is 0 Å². The van der Waals surface area contributed by atoms with E-state index >= 15 is 0 Å². The van der Waals surface area contributed by atoms with Crippen LogP contribution in [0.15, 0.2) is 12.2 Å². The predicted octanol–water partition coefficient (Wildman–Crippen LogP) is 1.23. The quantitative estimate of drug-likeness (QED) is 0.332. The van der Waals surface area contributed by atoms with Gasteiger partial charge in [-0.25, -0.2) is 0 Å². The second kappa shape index (κ2) is 1.10. The summed E-state index contributed by atoms with van der Waals surface area (Å²) in [5.74, 6) is 0. The standard InChI is InChI=1S/C4H7P/c1-5-4-2-3-4/h2-5H,1H3. The first-order valence-electron chi connectivity index (χ1n) is 1.79. The lowest BCUT2D eigenvalue weighted by Gasteiger charge is -1.76. The summed E-state index contributed by atoms with van der Waals surface area (Å²) in [6, 6.07) is 0. The highest BCUT2D eigenvalue weighted by Gasteiger charge is 2.04. The van der Waals surface area contributed by atoms with E-state index in [1.807, 2.05) is 0 Å². The summed E-state index contributed by atoms with van der Waals surface area (Å²) in [4.78, 5) is 0. The topological polar surface area (TPSA) is 0 Å². The maximum Gasteiger partial charge on any atom is 0.0119 e. The Morgan fingerprint density at radius 2 is 2.20 bits per heavy atom. The molecule has 1 aliphatic rings. The predicted molar refractivity (Wildman–Crippen MR) is 27.2 cm³/mol. The first-order valence-corrected chi connectivity index (χ1v) is 3.37. The molecule has 0 saturated carbocycles. The van der Waals surface area contributed by atoms with Crippen LogP contribution in [0.2, 0.25) is 0 Å². The Balaban J connectivity index is 2.06. The van der Waals surface area contributed by atoms with Crippen molar-refractivity contribution in [2.24, 2.45) is 0 Å². The van der Waals surface area contributed by atoms with Crippen molar-refractivity contribution >= 4 is 8.58 Å². The van der Waals surface area contributed by atoms with Crippen molar-refractivity contribution < 1.29 is 0 Å². The highest BCUT2D eigenvalue weighted by atomic mass is 31.1. The fourth-order valence-corrected chi connectivity index (χ4v) is 0.744. The van der Waals surface area contributed by atoms with E-state index in [0.29, 0.717) is 0 Å². The third-order valence-corrected chi connectivity index (χ3v) is 1.77.